The summed E-state index contributed by atoms with van der Waals surface area (Å²) in [7, 11) is 0.985. The Morgan fingerprint density at radius 2 is 1.55 bits per heavy atom. The van der Waals surface area contributed by atoms with Gasteiger partial charge in [-0.1, -0.05) is 6.07 Å². The molecule has 0 fully saturated rings. The van der Waals surface area contributed by atoms with Crippen molar-refractivity contribution < 1.29 is 44.4 Å². The van der Waals surface area contributed by atoms with Crippen molar-refractivity contribution in [3.63, 3.8) is 0 Å². The van der Waals surface area contributed by atoms with Gasteiger partial charge in [0, 0.05) is 24.2 Å². The molecule has 1 aromatic heterocycles. The van der Waals surface area contributed by atoms with E-state index in [-0.39, 0.29) is 29.5 Å². The lowest BCUT2D eigenvalue weighted by Gasteiger charge is -2.28. The highest BCUT2D eigenvalue weighted by atomic mass is 19.4. The van der Waals surface area contributed by atoms with Crippen LogP contribution < -0.4 is 5.01 Å². The first kappa shape index (κ1) is 28.8. The number of rotatable bonds is 5. The van der Waals surface area contributed by atoms with E-state index in [4.69, 9.17) is 0 Å². The predicted octanol–water partition coefficient (Wildman–Crippen LogP) is 6.44. The van der Waals surface area contributed by atoms with Crippen LogP contribution in [0.25, 0.3) is 11.3 Å². The molecule has 0 N–H and O–H groups in total. The molecule has 0 aliphatic carbocycles. The minimum absolute atomic E-state index is 0.0804. The van der Waals surface area contributed by atoms with E-state index >= 15 is 0 Å². The van der Waals surface area contributed by atoms with Crippen LogP contribution in [0.15, 0.2) is 47.6 Å². The van der Waals surface area contributed by atoms with E-state index in [1.54, 1.807) is 0 Å². The van der Waals surface area contributed by atoms with Gasteiger partial charge in [-0.25, -0.2) is 4.99 Å². The van der Waals surface area contributed by atoms with Gasteiger partial charge in [-0.3, -0.25) is 19.8 Å². The zero-order valence-corrected chi connectivity index (χ0v) is 20.3. The van der Waals surface area contributed by atoms with E-state index < -0.39 is 52.0 Å². The molecule has 8 nitrogen and oxygen atoms in total. The molecule has 0 radical (unpaired) electrons. The lowest BCUT2D eigenvalue weighted by molar-refractivity contribution is -0.385. The summed E-state index contributed by atoms with van der Waals surface area (Å²) in [5.41, 5.74) is -4.22. The highest BCUT2D eigenvalue weighted by Gasteiger charge is 2.47. The highest BCUT2D eigenvalue weighted by Crippen LogP contribution is 2.41. The van der Waals surface area contributed by atoms with E-state index in [0.29, 0.717) is 22.7 Å². The van der Waals surface area contributed by atoms with E-state index in [2.05, 4.69) is 10.1 Å². The quantitative estimate of drug-likeness (QED) is 0.197. The molecule has 214 valence electrons. The molecule has 1 aliphatic heterocycles. The number of hydrogen-bond acceptors (Lipinski definition) is 6. The van der Waals surface area contributed by atoms with Gasteiger partial charge >= 0.3 is 18.5 Å². The molecule has 0 spiro atoms. The van der Waals surface area contributed by atoms with Gasteiger partial charge in [-0.05, 0) is 36.8 Å². The van der Waals surface area contributed by atoms with Crippen LogP contribution in [0.2, 0.25) is 0 Å². The van der Waals surface area contributed by atoms with Crippen molar-refractivity contribution in [1.29, 1.82) is 0 Å². The second-order valence-corrected chi connectivity index (χ2v) is 8.83. The minimum Gasteiger partial charge on any atom is -0.265 e. The van der Waals surface area contributed by atoms with Crippen LogP contribution >= 0.6 is 0 Å². The van der Waals surface area contributed by atoms with Crippen LogP contribution in [0.5, 0.6) is 0 Å². The van der Waals surface area contributed by atoms with Crippen LogP contribution in [-0.2, 0) is 18.9 Å². The third kappa shape index (κ3) is 5.73. The molecule has 40 heavy (non-hydrogen) atoms. The Morgan fingerprint density at radius 1 is 0.950 bits per heavy atom. The first-order valence-electron chi connectivity index (χ1n) is 11.1. The maximum absolute atomic E-state index is 13.5. The SMILES string of the molecule is Cc1cc(Cn2cc(N3C=NC(C(F)(F)F)N3C)c(-c3cc(C(F)(F)F)cc(C(F)(F)F)c3)n2)ccc1[N+](=O)[O-]. The number of anilines is 1. The molecule has 3 aromatic rings. The number of nitrogens with zero attached hydrogens (tertiary/aromatic N) is 6. The molecule has 0 amide bonds. The molecule has 4 rings (SSSR count). The zero-order valence-electron chi connectivity index (χ0n) is 20.3. The molecule has 0 bridgehead atoms. The van der Waals surface area contributed by atoms with Crippen LogP contribution in [-0.4, -0.2) is 45.4 Å². The number of aryl methyl sites for hydroxylation is 1. The molecule has 2 heterocycles. The van der Waals surface area contributed by atoms with Crippen LogP contribution in [0, 0.1) is 17.0 Å². The Morgan fingerprint density at radius 3 is 2.02 bits per heavy atom. The summed E-state index contributed by atoms with van der Waals surface area (Å²) in [6.07, 6.45) is -15.7. The van der Waals surface area contributed by atoms with E-state index in [9.17, 15) is 49.6 Å². The van der Waals surface area contributed by atoms with Crippen molar-refractivity contribution in [2.75, 3.05) is 12.1 Å². The number of alkyl halides is 9. The number of nitro groups is 1. The molecule has 1 aliphatic rings. The molecule has 17 heteroatoms. The van der Waals surface area contributed by atoms with Crippen molar-refractivity contribution in [3.05, 3.63) is 75.0 Å². The van der Waals surface area contributed by atoms with Gasteiger partial charge in [-0.15, -0.1) is 0 Å². The largest absolute Gasteiger partial charge is 0.425 e. The van der Waals surface area contributed by atoms with Crippen molar-refractivity contribution in [3.8, 4) is 11.3 Å². The van der Waals surface area contributed by atoms with E-state index in [0.717, 1.165) is 29.3 Å². The first-order valence-corrected chi connectivity index (χ1v) is 11.1. The highest BCUT2D eigenvalue weighted by molar-refractivity contribution is 5.87. The number of hydrazine groups is 1. The smallest absolute Gasteiger partial charge is 0.265 e. The minimum atomic E-state index is -5.18. The number of halogens is 9. The lowest BCUT2D eigenvalue weighted by atomic mass is 10.0. The second-order valence-electron chi connectivity index (χ2n) is 8.83. The summed E-state index contributed by atoms with van der Waals surface area (Å²) in [4.78, 5) is 13.8. The average Bonchev–Trinajstić information content (AvgIpc) is 3.40. The third-order valence-corrected chi connectivity index (χ3v) is 5.96. The topological polar surface area (TPSA) is 79.8 Å². The summed E-state index contributed by atoms with van der Waals surface area (Å²) in [6, 6.07) is 4.73. The second kappa shape index (κ2) is 9.79. The van der Waals surface area contributed by atoms with Crippen molar-refractivity contribution in [2.24, 2.45) is 4.99 Å². The van der Waals surface area contributed by atoms with Crippen LogP contribution in [0.3, 0.4) is 0 Å². The number of benzene rings is 2. The number of aliphatic imine (C=N–C) groups is 1. The number of aromatic nitrogens is 2. The van der Waals surface area contributed by atoms with Gasteiger partial charge in [0.2, 0.25) is 6.17 Å². The summed E-state index contributed by atoms with van der Waals surface area (Å²) in [5, 5.41) is 16.6. The average molecular weight is 580 g/mol. The van der Waals surface area contributed by atoms with Crippen LogP contribution in [0.4, 0.5) is 50.9 Å². The van der Waals surface area contributed by atoms with Gasteiger partial charge in [-0.2, -0.15) is 49.6 Å². The maximum atomic E-state index is 13.5. The third-order valence-electron chi connectivity index (χ3n) is 5.96. The summed E-state index contributed by atoms with van der Waals surface area (Å²) in [6.45, 7) is 1.28. The normalized spacial score (nSPS) is 16.7. The number of hydrogen-bond donors (Lipinski definition) is 0. The summed E-state index contributed by atoms with van der Waals surface area (Å²) >= 11 is 0. The summed E-state index contributed by atoms with van der Waals surface area (Å²) < 4.78 is 122. The number of nitro benzene ring substituents is 1. The fourth-order valence-corrected chi connectivity index (χ4v) is 4.12. The monoisotopic (exact) mass is 580 g/mol. The van der Waals surface area contributed by atoms with E-state index in [1.807, 2.05) is 0 Å². The molecule has 2 aromatic carbocycles. The molecule has 0 saturated heterocycles. The predicted molar refractivity (Wildman–Crippen MR) is 123 cm³/mol. The van der Waals surface area contributed by atoms with Gasteiger partial charge < -0.3 is 0 Å². The summed E-state index contributed by atoms with van der Waals surface area (Å²) in [5.74, 6) is 0. The molecular weight excluding hydrogens is 563 g/mol. The lowest BCUT2D eigenvalue weighted by Crippen LogP contribution is -2.46. The zero-order chi connectivity index (χ0) is 29.8. The Labute approximate surface area is 219 Å². The van der Waals surface area contributed by atoms with Crippen molar-refractivity contribution in [1.82, 2.24) is 14.8 Å². The Balaban J connectivity index is 1.87. The fraction of sp³-hybridized carbons (Fsp3) is 0.304. The Bertz CT molecular complexity index is 1440. The fourth-order valence-electron chi connectivity index (χ4n) is 4.12. The molecule has 0 saturated carbocycles. The van der Waals surface area contributed by atoms with E-state index in [1.165, 1.54) is 25.1 Å². The molecule has 1 atom stereocenters. The van der Waals surface area contributed by atoms with Gasteiger partial charge in [0.15, 0.2) is 0 Å². The maximum Gasteiger partial charge on any atom is 0.425 e. The van der Waals surface area contributed by atoms with Gasteiger partial charge in [0.1, 0.15) is 17.7 Å². The first-order chi connectivity index (χ1) is 18.4. The Hall–Kier alpha value is -4.15. The molecular formula is C23H17F9N6O2. The Kier molecular flexibility index (Phi) is 7.06. The molecule has 1 unspecified atom stereocenters. The van der Waals surface area contributed by atoms with Crippen molar-refractivity contribution >= 4 is 17.7 Å². The van der Waals surface area contributed by atoms with Crippen molar-refractivity contribution in [2.45, 2.75) is 38.2 Å². The van der Waals surface area contributed by atoms with Gasteiger partial charge in [0.25, 0.3) is 5.69 Å². The standard InChI is InChI=1S/C23H17F9N6O2/c1-12-5-13(3-4-17(12)38(39)40)9-36-10-18(37-11-33-20(35(37)2)23(30,31)32)19(34-36)14-6-15(21(24,25)26)8-16(7-14)22(27,28)29/h3-8,10-11,20H,9H2,1-2H3. The van der Waals surface area contributed by atoms with Crippen LogP contribution in [0.1, 0.15) is 22.3 Å². The van der Waals surface area contributed by atoms with Gasteiger partial charge in [0.05, 0.1) is 28.8 Å².